The highest BCUT2D eigenvalue weighted by Crippen LogP contribution is 2.41. The molecule has 6 heteroatoms. The number of aryl methyl sites for hydroxylation is 3. The van der Waals surface area contributed by atoms with E-state index in [4.69, 9.17) is 14.2 Å². The maximum Gasteiger partial charge on any atom is 0.340 e. The van der Waals surface area contributed by atoms with Gasteiger partial charge in [0, 0.05) is 11.1 Å². The van der Waals surface area contributed by atoms with Crippen LogP contribution < -0.4 is 4.74 Å². The Morgan fingerprint density at radius 2 is 1.13 bits per heavy atom. The maximum atomic E-state index is 12.9. The van der Waals surface area contributed by atoms with Crippen molar-refractivity contribution in [1.29, 1.82) is 0 Å². The molecule has 0 N–H and O–H groups in total. The first kappa shape index (κ1) is 32.3. The van der Waals surface area contributed by atoms with Crippen LogP contribution >= 0.6 is 0 Å². The third kappa shape index (κ3) is 9.36. The fourth-order valence-electron chi connectivity index (χ4n) is 5.38. The van der Waals surface area contributed by atoms with E-state index in [1.54, 1.807) is 21.0 Å². The number of hydrogen-bond donors (Lipinski definition) is 0. The second-order valence-corrected chi connectivity index (χ2v) is 10.4. The SMILES string of the molecule is CCCCCCCCCCCCCCCc1cccc(OC)c1-c1c(C(=O)OC)c(C)nc(C)c1C(=O)OC. The van der Waals surface area contributed by atoms with Crippen LogP contribution in [-0.2, 0) is 15.9 Å². The number of rotatable bonds is 18. The Morgan fingerprint density at radius 1 is 0.667 bits per heavy atom. The molecule has 0 saturated carbocycles. The summed E-state index contributed by atoms with van der Waals surface area (Å²) in [6.07, 6.45) is 17.7. The van der Waals surface area contributed by atoms with Crippen molar-refractivity contribution in [2.75, 3.05) is 21.3 Å². The Balaban J connectivity index is 2.14. The van der Waals surface area contributed by atoms with Gasteiger partial charge in [0.1, 0.15) is 5.75 Å². The molecule has 0 aliphatic rings. The van der Waals surface area contributed by atoms with E-state index >= 15 is 0 Å². The van der Waals surface area contributed by atoms with Crippen LogP contribution in [0.4, 0.5) is 0 Å². The lowest BCUT2D eigenvalue weighted by atomic mass is 9.87. The van der Waals surface area contributed by atoms with E-state index < -0.39 is 11.9 Å². The molecule has 0 spiro atoms. The molecule has 0 radical (unpaired) electrons. The fraction of sp³-hybridized carbons (Fsp3) is 0.606. The third-order valence-electron chi connectivity index (χ3n) is 7.47. The summed E-state index contributed by atoms with van der Waals surface area (Å²) in [4.78, 5) is 30.4. The highest BCUT2D eigenvalue weighted by atomic mass is 16.5. The number of hydrogen-bond acceptors (Lipinski definition) is 6. The van der Waals surface area contributed by atoms with Crippen molar-refractivity contribution in [2.24, 2.45) is 0 Å². The zero-order valence-electron chi connectivity index (χ0n) is 25.1. The summed E-state index contributed by atoms with van der Waals surface area (Å²) >= 11 is 0. The topological polar surface area (TPSA) is 74.7 Å². The van der Waals surface area contributed by atoms with Gasteiger partial charge in [-0.1, -0.05) is 96.1 Å². The number of nitrogens with zero attached hydrogens (tertiary/aromatic N) is 1. The van der Waals surface area contributed by atoms with Gasteiger partial charge >= 0.3 is 11.9 Å². The summed E-state index contributed by atoms with van der Waals surface area (Å²) in [5.74, 6) is -0.488. The average Bonchev–Trinajstić information content (AvgIpc) is 2.94. The Morgan fingerprint density at radius 3 is 1.56 bits per heavy atom. The van der Waals surface area contributed by atoms with E-state index in [0.717, 1.165) is 30.4 Å². The van der Waals surface area contributed by atoms with E-state index in [2.05, 4.69) is 11.9 Å². The number of aromatic nitrogens is 1. The van der Waals surface area contributed by atoms with Gasteiger partial charge in [-0.3, -0.25) is 4.98 Å². The molecule has 0 amide bonds. The van der Waals surface area contributed by atoms with E-state index in [1.807, 2.05) is 18.2 Å². The molecule has 39 heavy (non-hydrogen) atoms. The summed E-state index contributed by atoms with van der Waals surface area (Å²) < 4.78 is 16.0. The van der Waals surface area contributed by atoms with E-state index in [1.165, 1.54) is 84.8 Å². The number of pyridine rings is 1. The average molecular weight is 540 g/mol. The molecule has 1 aromatic heterocycles. The lowest BCUT2D eigenvalue weighted by molar-refractivity contribution is 0.0599. The first-order valence-electron chi connectivity index (χ1n) is 14.7. The molecule has 0 aliphatic carbocycles. The highest BCUT2D eigenvalue weighted by Gasteiger charge is 2.30. The van der Waals surface area contributed by atoms with Crippen LogP contribution in [0.2, 0.25) is 0 Å². The number of benzene rings is 1. The Kier molecular flexibility index (Phi) is 14.6. The van der Waals surface area contributed by atoms with Crippen LogP contribution in [0.15, 0.2) is 18.2 Å². The van der Waals surface area contributed by atoms with Crippen LogP contribution in [0.1, 0.15) is 128 Å². The number of methoxy groups -OCH3 is 3. The Hall–Kier alpha value is -2.89. The minimum Gasteiger partial charge on any atom is -0.496 e. The van der Waals surface area contributed by atoms with Crippen molar-refractivity contribution in [2.45, 2.75) is 111 Å². The van der Waals surface area contributed by atoms with Gasteiger partial charge in [0.25, 0.3) is 0 Å². The van der Waals surface area contributed by atoms with E-state index in [-0.39, 0.29) is 11.1 Å². The summed E-state index contributed by atoms with van der Waals surface area (Å²) in [6, 6.07) is 5.86. The molecule has 0 unspecified atom stereocenters. The monoisotopic (exact) mass is 539 g/mol. The van der Waals surface area contributed by atoms with Gasteiger partial charge < -0.3 is 14.2 Å². The summed E-state index contributed by atoms with van der Waals surface area (Å²) in [5.41, 5.74) is 3.76. The summed E-state index contributed by atoms with van der Waals surface area (Å²) in [6.45, 7) is 5.77. The van der Waals surface area contributed by atoms with Crippen LogP contribution in [-0.4, -0.2) is 38.3 Å². The normalized spacial score (nSPS) is 10.9. The van der Waals surface area contributed by atoms with Gasteiger partial charge in [-0.15, -0.1) is 0 Å². The molecule has 0 fully saturated rings. The molecule has 1 heterocycles. The van der Waals surface area contributed by atoms with Crippen molar-refractivity contribution in [3.8, 4) is 16.9 Å². The summed E-state index contributed by atoms with van der Waals surface area (Å²) in [7, 11) is 4.27. The summed E-state index contributed by atoms with van der Waals surface area (Å²) in [5, 5.41) is 0. The third-order valence-corrected chi connectivity index (χ3v) is 7.47. The van der Waals surface area contributed by atoms with Crippen LogP contribution in [0, 0.1) is 13.8 Å². The van der Waals surface area contributed by atoms with Crippen LogP contribution in [0.25, 0.3) is 11.1 Å². The Labute approximate surface area is 235 Å². The molecule has 2 aromatic rings. The largest absolute Gasteiger partial charge is 0.496 e. The van der Waals surface area contributed by atoms with Gasteiger partial charge in [-0.25, -0.2) is 9.59 Å². The fourth-order valence-corrected chi connectivity index (χ4v) is 5.38. The second kappa shape index (κ2) is 17.6. The van der Waals surface area contributed by atoms with E-state index in [0.29, 0.717) is 22.7 Å². The molecular formula is C33H49NO5. The predicted molar refractivity (Wildman–Crippen MR) is 158 cm³/mol. The van der Waals surface area contributed by atoms with Gasteiger partial charge in [-0.2, -0.15) is 0 Å². The zero-order valence-corrected chi connectivity index (χ0v) is 25.1. The lowest BCUT2D eigenvalue weighted by Crippen LogP contribution is -2.17. The van der Waals surface area contributed by atoms with Gasteiger partial charge in [-0.05, 0) is 38.3 Å². The van der Waals surface area contributed by atoms with Gasteiger partial charge in [0.05, 0.1) is 43.8 Å². The number of esters is 2. The molecule has 216 valence electrons. The molecule has 6 nitrogen and oxygen atoms in total. The second-order valence-electron chi connectivity index (χ2n) is 10.4. The number of unbranched alkanes of at least 4 members (excludes halogenated alkanes) is 12. The molecule has 0 atom stereocenters. The lowest BCUT2D eigenvalue weighted by Gasteiger charge is -2.21. The Bertz CT molecular complexity index is 1020. The maximum absolute atomic E-state index is 12.9. The first-order chi connectivity index (χ1) is 18.9. The molecule has 0 aliphatic heterocycles. The minimum absolute atomic E-state index is 0.264. The highest BCUT2D eigenvalue weighted by molar-refractivity contribution is 6.08. The van der Waals surface area contributed by atoms with Crippen molar-refractivity contribution in [1.82, 2.24) is 4.98 Å². The van der Waals surface area contributed by atoms with Crippen LogP contribution in [0.3, 0.4) is 0 Å². The molecule has 0 saturated heterocycles. The molecule has 2 rings (SSSR count). The van der Waals surface area contributed by atoms with E-state index in [9.17, 15) is 9.59 Å². The van der Waals surface area contributed by atoms with Crippen molar-refractivity contribution < 1.29 is 23.8 Å². The quantitative estimate of drug-likeness (QED) is 0.139. The van der Waals surface area contributed by atoms with Crippen molar-refractivity contribution >= 4 is 11.9 Å². The van der Waals surface area contributed by atoms with Crippen molar-refractivity contribution in [3.05, 3.63) is 46.3 Å². The van der Waals surface area contributed by atoms with Crippen LogP contribution in [0.5, 0.6) is 5.75 Å². The predicted octanol–water partition coefficient (Wildman–Crippen LogP) is 8.58. The first-order valence-corrected chi connectivity index (χ1v) is 14.7. The molecular weight excluding hydrogens is 490 g/mol. The van der Waals surface area contributed by atoms with Gasteiger partial charge in [0.15, 0.2) is 0 Å². The number of carbonyl (C=O) groups excluding carboxylic acids is 2. The van der Waals surface area contributed by atoms with Crippen molar-refractivity contribution in [3.63, 3.8) is 0 Å². The standard InChI is InChI=1S/C33H49NO5/c1-7-8-9-10-11-12-13-14-15-16-17-18-19-21-26-22-20-23-27(37-4)30(26)31-28(32(35)38-5)24(2)34-25(3)29(31)33(36)39-6/h20,22-23H,7-19,21H2,1-6H3. The number of ether oxygens (including phenoxy) is 3. The molecule has 1 aromatic carbocycles. The smallest absolute Gasteiger partial charge is 0.340 e. The minimum atomic E-state index is -0.544. The van der Waals surface area contributed by atoms with Gasteiger partial charge in [0.2, 0.25) is 0 Å². The molecule has 0 bridgehead atoms. The zero-order chi connectivity index (χ0) is 28.6. The number of carbonyl (C=O) groups is 2.